The summed E-state index contributed by atoms with van der Waals surface area (Å²) in [5.41, 5.74) is -0.181. The lowest BCUT2D eigenvalue weighted by Gasteiger charge is -2.33. The molecule has 9 nitrogen and oxygen atoms in total. The molecule has 0 saturated heterocycles. The van der Waals surface area contributed by atoms with E-state index in [2.05, 4.69) is 5.10 Å². The molecule has 0 fully saturated rings. The Kier molecular flexibility index (Phi) is 6.37. The van der Waals surface area contributed by atoms with E-state index in [0.717, 1.165) is 6.20 Å². The predicted molar refractivity (Wildman–Crippen MR) is 115 cm³/mol. The molecule has 1 atom stereocenters. The van der Waals surface area contributed by atoms with Crippen LogP contribution in [0.1, 0.15) is 26.3 Å². The first-order chi connectivity index (χ1) is 14.3. The van der Waals surface area contributed by atoms with Crippen LogP contribution in [-0.4, -0.2) is 54.5 Å². The first kappa shape index (κ1) is 23.5. The fourth-order valence-corrected chi connectivity index (χ4v) is 4.66. The third-order valence-corrected chi connectivity index (χ3v) is 6.15. The fourth-order valence-electron chi connectivity index (χ4n) is 2.90. The van der Waals surface area contributed by atoms with E-state index in [4.69, 9.17) is 36.9 Å². The van der Waals surface area contributed by atoms with E-state index in [1.165, 1.54) is 15.6 Å². The van der Waals surface area contributed by atoms with E-state index in [0.29, 0.717) is 10.6 Å². The zero-order chi connectivity index (χ0) is 23.1. The molecule has 1 aliphatic rings. The second-order valence-corrected chi connectivity index (χ2v) is 10.5. The Balaban J connectivity index is 1.80. The number of likely N-dealkylation sites (N-methyl/N-ethyl adjacent to an activating group) is 1. The number of amides is 1. The number of rotatable bonds is 4. The van der Waals surface area contributed by atoms with Crippen molar-refractivity contribution in [2.24, 2.45) is 0 Å². The van der Waals surface area contributed by atoms with Crippen molar-refractivity contribution in [3.63, 3.8) is 0 Å². The average Bonchev–Trinajstić information content (AvgIpc) is 3.06. The molecule has 12 heteroatoms. The van der Waals surface area contributed by atoms with Gasteiger partial charge in [-0.15, -0.1) is 0 Å². The highest BCUT2D eigenvalue weighted by Crippen LogP contribution is 2.36. The Hall–Kier alpha value is -2.17. The highest BCUT2D eigenvalue weighted by molar-refractivity contribution is 7.87. The second-order valence-electron chi connectivity index (χ2n) is 8.12. The monoisotopic (exact) mass is 491 g/mol. The van der Waals surface area contributed by atoms with Gasteiger partial charge in [-0.1, -0.05) is 23.2 Å². The molecule has 0 radical (unpaired) electrons. The molecule has 2 heterocycles. The van der Waals surface area contributed by atoms with Crippen LogP contribution in [0.5, 0.6) is 11.6 Å². The molecule has 0 saturated carbocycles. The van der Waals surface area contributed by atoms with Gasteiger partial charge in [-0.2, -0.15) is 13.5 Å². The minimum atomic E-state index is -4.29. The fraction of sp³-hybridized carbons (Fsp3) is 0.474. The number of ether oxygens (including phenoxy) is 2. The van der Waals surface area contributed by atoms with Crippen LogP contribution in [0.4, 0.5) is 4.79 Å². The molecule has 1 amide bonds. The topological polar surface area (TPSA) is 100.0 Å². The van der Waals surface area contributed by atoms with Crippen molar-refractivity contribution in [1.29, 1.82) is 0 Å². The van der Waals surface area contributed by atoms with E-state index in [-0.39, 0.29) is 34.7 Å². The summed E-state index contributed by atoms with van der Waals surface area (Å²) in [5.74, 6) is 0.000870. The van der Waals surface area contributed by atoms with Gasteiger partial charge in [0.05, 0.1) is 23.8 Å². The summed E-state index contributed by atoms with van der Waals surface area (Å²) in [6, 6.07) is 2.54. The standard InChI is InChI=1S/C19H23Cl2N3O6S/c1-11-6-12(20)7-14(21)16(11)30-31(26,27)15-8-22-24-9-13(10-28-17(15)24)23(5)18(25)29-19(2,3)4/h6-8,13H,9-10H2,1-5H3. The van der Waals surface area contributed by atoms with Crippen LogP contribution in [-0.2, 0) is 21.4 Å². The Bertz CT molecular complexity index is 1090. The summed E-state index contributed by atoms with van der Waals surface area (Å²) < 4.78 is 43.4. The Morgan fingerprint density at radius 2 is 2.00 bits per heavy atom. The maximum Gasteiger partial charge on any atom is 0.410 e. The molecule has 1 unspecified atom stereocenters. The Morgan fingerprint density at radius 1 is 1.32 bits per heavy atom. The SMILES string of the molecule is Cc1cc(Cl)cc(Cl)c1OS(=O)(=O)c1cnn2c1OCC(N(C)C(=O)OC(C)(C)C)C2. The summed E-state index contributed by atoms with van der Waals surface area (Å²) in [6.07, 6.45) is 0.625. The van der Waals surface area contributed by atoms with E-state index in [1.54, 1.807) is 40.8 Å². The predicted octanol–water partition coefficient (Wildman–Crippen LogP) is 3.89. The van der Waals surface area contributed by atoms with Gasteiger partial charge in [0.1, 0.15) is 12.2 Å². The maximum absolute atomic E-state index is 12.9. The number of aromatic nitrogens is 2. The van der Waals surface area contributed by atoms with E-state index in [9.17, 15) is 13.2 Å². The number of halogens is 2. The second kappa shape index (κ2) is 8.40. The van der Waals surface area contributed by atoms with Crippen molar-refractivity contribution >= 4 is 39.4 Å². The molecule has 1 aromatic carbocycles. The zero-order valence-electron chi connectivity index (χ0n) is 17.7. The van der Waals surface area contributed by atoms with Crippen molar-refractivity contribution in [3.8, 4) is 11.6 Å². The molecule has 0 bridgehead atoms. The van der Waals surface area contributed by atoms with Crippen LogP contribution >= 0.6 is 23.2 Å². The van der Waals surface area contributed by atoms with Gasteiger partial charge in [0.25, 0.3) is 0 Å². The zero-order valence-corrected chi connectivity index (χ0v) is 20.0. The van der Waals surface area contributed by atoms with E-state index >= 15 is 0 Å². The van der Waals surface area contributed by atoms with Crippen LogP contribution in [0.3, 0.4) is 0 Å². The highest BCUT2D eigenvalue weighted by Gasteiger charge is 2.35. The first-order valence-electron chi connectivity index (χ1n) is 9.33. The molecule has 0 spiro atoms. The average molecular weight is 492 g/mol. The molecule has 0 aliphatic carbocycles. The molecular weight excluding hydrogens is 469 g/mol. The van der Waals surface area contributed by atoms with Gasteiger partial charge in [-0.3, -0.25) is 0 Å². The van der Waals surface area contributed by atoms with Crippen LogP contribution in [0.25, 0.3) is 0 Å². The van der Waals surface area contributed by atoms with Gasteiger partial charge in [0, 0.05) is 12.1 Å². The van der Waals surface area contributed by atoms with E-state index in [1.807, 2.05) is 0 Å². The third kappa shape index (κ3) is 5.19. The summed E-state index contributed by atoms with van der Waals surface area (Å²) in [6.45, 7) is 7.23. The number of hydrogen-bond donors (Lipinski definition) is 0. The number of carbonyl (C=O) groups is 1. The smallest absolute Gasteiger partial charge is 0.410 e. The number of aryl methyl sites for hydroxylation is 1. The normalized spacial score (nSPS) is 16.3. The first-order valence-corrected chi connectivity index (χ1v) is 11.5. The number of benzene rings is 1. The van der Waals surface area contributed by atoms with Crippen molar-refractivity contribution in [3.05, 3.63) is 33.9 Å². The number of nitrogens with zero attached hydrogens (tertiary/aromatic N) is 3. The molecule has 2 aromatic rings. The molecule has 170 valence electrons. The minimum absolute atomic E-state index is 0.0237. The third-order valence-electron chi connectivity index (χ3n) is 4.44. The summed E-state index contributed by atoms with van der Waals surface area (Å²) in [4.78, 5) is 13.5. The lowest BCUT2D eigenvalue weighted by atomic mass is 10.2. The molecule has 1 aromatic heterocycles. The van der Waals surface area contributed by atoms with Gasteiger partial charge in [0.15, 0.2) is 10.6 Å². The molecule has 31 heavy (non-hydrogen) atoms. The Morgan fingerprint density at radius 3 is 2.61 bits per heavy atom. The van der Waals surface area contributed by atoms with Crippen LogP contribution in [0.2, 0.25) is 10.0 Å². The molecular formula is C19H23Cl2N3O6S. The van der Waals surface area contributed by atoms with Crippen molar-refractivity contribution < 1.29 is 26.9 Å². The lowest BCUT2D eigenvalue weighted by Crippen LogP contribution is -2.47. The van der Waals surface area contributed by atoms with Crippen molar-refractivity contribution in [1.82, 2.24) is 14.7 Å². The van der Waals surface area contributed by atoms with Gasteiger partial charge in [0.2, 0.25) is 5.88 Å². The van der Waals surface area contributed by atoms with Crippen LogP contribution in [0, 0.1) is 6.92 Å². The Labute approximate surface area is 190 Å². The highest BCUT2D eigenvalue weighted by atomic mass is 35.5. The minimum Gasteiger partial charge on any atom is -0.475 e. The van der Waals surface area contributed by atoms with Gasteiger partial charge >= 0.3 is 16.2 Å². The summed E-state index contributed by atoms with van der Waals surface area (Å²) in [5, 5.41) is 4.51. The summed E-state index contributed by atoms with van der Waals surface area (Å²) >= 11 is 12.0. The van der Waals surface area contributed by atoms with Crippen LogP contribution < -0.4 is 8.92 Å². The molecule has 3 rings (SSSR count). The molecule has 1 aliphatic heterocycles. The van der Waals surface area contributed by atoms with Gasteiger partial charge in [-0.05, 0) is 45.4 Å². The lowest BCUT2D eigenvalue weighted by molar-refractivity contribution is 0.0101. The van der Waals surface area contributed by atoms with Crippen LogP contribution in [0.15, 0.2) is 23.2 Å². The van der Waals surface area contributed by atoms with Gasteiger partial charge < -0.3 is 18.6 Å². The number of carbonyl (C=O) groups excluding carboxylic acids is 1. The van der Waals surface area contributed by atoms with Gasteiger partial charge in [-0.25, -0.2) is 9.48 Å². The largest absolute Gasteiger partial charge is 0.475 e. The summed E-state index contributed by atoms with van der Waals surface area (Å²) in [7, 11) is -2.70. The van der Waals surface area contributed by atoms with Crippen molar-refractivity contribution in [2.45, 2.75) is 50.8 Å². The van der Waals surface area contributed by atoms with E-state index < -0.39 is 27.9 Å². The maximum atomic E-state index is 12.9. The quantitative estimate of drug-likeness (QED) is 0.597. The molecule has 0 N–H and O–H groups in total. The van der Waals surface area contributed by atoms with Crippen molar-refractivity contribution in [2.75, 3.05) is 13.7 Å². The number of hydrogen-bond acceptors (Lipinski definition) is 7. The number of fused-ring (bicyclic) bond motifs is 1.